The van der Waals surface area contributed by atoms with Gasteiger partial charge in [0.25, 0.3) is 0 Å². The fraction of sp³-hybridized carbons (Fsp3) is 0.409. The van der Waals surface area contributed by atoms with Gasteiger partial charge in [-0.15, -0.1) is 0 Å². The Morgan fingerprint density at radius 2 is 1.69 bits per heavy atom. The first-order chi connectivity index (χ1) is 12.6. The van der Waals surface area contributed by atoms with Gasteiger partial charge >= 0.3 is 6.09 Å². The normalized spacial score (nSPS) is 15.0. The van der Waals surface area contributed by atoms with Gasteiger partial charge in [-0.3, -0.25) is 0 Å². The Balaban J connectivity index is 1.67. The van der Waals surface area contributed by atoms with Crippen molar-refractivity contribution in [2.24, 2.45) is 0 Å². The standard InChI is InChI=1S/C22H27NO3/c1-3-4-13-21(15(2)24)23-22(25)26-14-20-18-11-7-5-9-16(18)17-10-6-8-12-19(17)20/h5-12,15,20-21,24H,3-4,13-14H2,1-2H3,(H,23,25). The monoisotopic (exact) mass is 353 g/mol. The molecule has 2 unspecified atom stereocenters. The largest absolute Gasteiger partial charge is 0.449 e. The maximum atomic E-state index is 12.3. The number of carbonyl (C=O) groups excluding carboxylic acids is 1. The quantitative estimate of drug-likeness (QED) is 0.772. The smallest absolute Gasteiger partial charge is 0.407 e. The van der Waals surface area contributed by atoms with Gasteiger partial charge in [0.05, 0.1) is 12.1 Å². The van der Waals surface area contributed by atoms with E-state index in [1.54, 1.807) is 6.92 Å². The van der Waals surface area contributed by atoms with Crippen molar-refractivity contribution in [2.75, 3.05) is 6.61 Å². The highest BCUT2D eigenvalue weighted by Crippen LogP contribution is 2.44. The Bertz CT molecular complexity index is 711. The molecule has 4 nitrogen and oxygen atoms in total. The molecule has 0 heterocycles. The minimum absolute atomic E-state index is 0.0498. The molecule has 1 aliphatic carbocycles. The van der Waals surface area contributed by atoms with Crippen molar-refractivity contribution < 1.29 is 14.6 Å². The summed E-state index contributed by atoms with van der Waals surface area (Å²) in [5.74, 6) is 0.0498. The summed E-state index contributed by atoms with van der Waals surface area (Å²) in [5.41, 5.74) is 4.81. The van der Waals surface area contributed by atoms with Gasteiger partial charge < -0.3 is 15.2 Å². The molecular formula is C22H27NO3. The molecule has 0 saturated heterocycles. The average Bonchev–Trinajstić information content (AvgIpc) is 2.97. The lowest BCUT2D eigenvalue weighted by atomic mass is 9.98. The molecule has 2 atom stereocenters. The Morgan fingerprint density at radius 3 is 2.23 bits per heavy atom. The molecule has 0 aliphatic heterocycles. The molecule has 0 fully saturated rings. The van der Waals surface area contributed by atoms with Crippen LogP contribution in [0.5, 0.6) is 0 Å². The first-order valence-electron chi connectivity index (χ1n) is 9.41. The lowest BCUT2D eigenvalue weighted by molar-refractivity contribution is 0.108. The van der Waals surface area contributed by atoms with Gasteiger partial charge in [-0.2, -0.15) is 0 Å². The molecule has 0 spiro atoms. The van der Waals surface area contributed by atoms with Crippen molar-refractivity contribution in [3.05, 3.63) is 59.7 Å². The number of aliphatic hydroxyl groups is 1. The molecule has 2 aromatic carbocycles. The third kappa shape index (κ3) is 3.91. The van der Waals surface area contributed by atoms with Crippen molar-refractivity contribution in [2.45, 2.75) is 51.2 Å². The number of alkyl carbamates (subject to hydrolysis) is 1. The molecule has 0 aromatic heterocycles. The van der Waals surface area contributed by atoms with Crippen LogP contribution >= 0.6 is 0 Å². The van der Waals surface area contributed by atoms with Crippen LogP contribution in [0.2, 0.25) is 0 Å². The highest BCUT2D eigenvalue weighted by atomic mass is 16.5. The fourth-order valence-electron chi connectivity index (χ4n) is 3.65. The third-order valence-corrected chi connectivity index (χ3v) is 5.10. The first kappa shape index (κ1) is 18.5. The molecule has 0 saturated carbocycles. The molecule has 1 amide bonds. The Hall–Kier alpha value is -2.33. The summed E-state index contributed by atoms with van der Waals surface area (Å²) in [6.07, 6.45) is 1.67. The second kappa shape index (κ2) is 8.37. The number of rotatable bonds is 7. The molecule has 26 heavy (non-hydrogen) atoms. The van der Waals surface area contributed by atoms with Crippen LogP contribution in [0.25, 0.3) is 11.1 Å². The van der Waals surface area contributed by atoms with Gasteiger partial charge in [-0.1, -0.05) is 68.3 Å². The van der Waals surface area contributed by atoms with Crippen LogP contribution in [0.4, 0.5) is 4.79 Å². The second-order valence-corrected chi connectivity index (χ2v) is 6.96. The molecule has 138 valence electrons. The van der Waals surface area contributed by atoms with Crippen molar-refractivity contribution >= 4 is 6.09 Å². The molecule has 2 N–H and O–H groups in total. The molecule has 1 aliphatic rings. The molecule has 4 heteroatoms. The van der Waals surface area contributed by atoms with Crippen LogP contribution in [0.1, 0.15) is 50.2 Å². The number of hydrogen-bond acceptors (Lipinski definition) is 3. The van der Waals surface area contributed by atoms with Crippen LogP contribution in [0, 0.1) is 0 Å². The number of carbonyl (C=O) groups is 1. The Morgan fingerprint density at radius 1 is 1.12 bits per heavy atom. The molecule has 0 radical (unpaired) electrons. The van der Waals surface area contributed by atoms with E-state index < -0.39 is 12.2 Å². The summed E-state index contributed by atoms with van der Waals surface area (Å²) in [4.78, 5) is 12.3. The zero-order valence-corrected chi connectivity index (χ0v) is 15.4. The molecule has 0 bridgehead atoms. The highest BCUT2D eigenvalue weighted by Gasteiger charge is 2.29. The first-order valence-corrected chi connectivity index (χ1v) is 9.41. The summed E-state index contributed by atoms with van der Waals surface area (Å²) in [6.45, 7) is 4.08. The number of nitrogens with one attached hydrogen (secondary N) is 1. The SMILES string of the molecule is CCCCC(NC(=O)OCC1c2ccccc2-c2ccccc21)C(C)O. The predicted molar refractivity (Wildman–Crippen MR) is 103 cm³/mol. The number of fused-ring (bicyclic) bond motifs is 3. The van der Waals surface area contributed by atoms with Crippen LogP contribution in [0.3, 0.4) is 0 Å². The average molecular weight is 353 g/mol. The summed E-state index contributed by atoms with van der Waals surface area (Å²) in [6, 6.07) is 16.3. The second-order valence-electron chi connectivity index (χ2n) is 6.96. The minimum atomic E-state index is -0.595. The summed E-state index contributed by atoms with van der Waals surface area (Å²) >= 11 is 0. The molecular weight excluding hydrogens is 326 g/mol. The van der Waals surface area contributed by atoms with Crippen molar-refractivity contribution in [3.8, 4) is 11.1 Å². The number of benzene rings is 2. The zero-order valence-electron chi connectivity index (χ0n) is 15.4. The van der Waals surface area contributed by atoms with Crippen LogP contribution < -0.4 is 5.32 Å². The van der Waals surface area contributed by atoms with Gasteiger partial charge in [-0.25, -0.2) is 4.79 Å². The third-order valence-electron chi connectivity index (χ3n) is 5.10. The van der Waals surface area contributed by atoms with Crippen LogP contribution in [0.15, 0.2) is 48.5 Å². The van der Waals surface area contributed by atoms with E-state index in [9.17, 15) is 9.90 Å². The van der Waals surface area contributed by atoms with Gasteiger partial charge in [0.15, 0.2) is 0 Å². The van der Waals surface area contributed by atoms with Gasteiger partial charge in [0.1, 0.15) is 6.61 Å². The van der Waals surface area contributed by atoms with Gasteiger partial charge in [0.2, 0.25) is 0 Å². The van der Waals surface area contributed by atoms with E-state index in [2.05, 4.69) is 36.5 Å². The highest BCUT2D eigenvalue weighted by molar-refractivity contribution is 5.79. The topological polar surface area (TPSA) is 58.6 Å². The maximum absolute atomic E-state index is 12.3. The lowest BCUT2D eigenvalue weighted by Crippen LogP contribution is -2.42. The summed E-state index contributed by atoms with van der Waals surface area (Å²) in [7, 11) is 0. The Labute approximate surface area is 155 Å². The van der Waals surface area contributed by atoms with E-state index in [1.165, 1.54) is 22.3 Å². The van der Waals surface area contributed by atoms with Crippen molar-refractivity contribution in [1.29, 1.82) is 0 Å². The Kier molecular flexibility index (Phi) is 5.94. The molecule has 3 rings (SSSR count). The van der Waals surface area contributed by atoms with Crippen molar-refractivity contribution in [1.82, 2.24) is 5.32 Å². The van der Waals surface area contributed by atoms with E-state index in [1.807, 2.05) is 24.3 Å². The number of aliphatic hydroxyl groups excluding tert-OH is 1. The van der Waals surface area contributed by atoms with E-state index in [4.69, 9.17) is 4.74 Å². The van der Waals surface area contributed by atoms with Gasteiger partial charge in [-0.05, 0) is 35.6 Å². The van der Waals surface area contributed by atoms with E-state index in [-0.39, 0.29) is 12.0 Å². The van der Waals surface area contributed by atoms with Crippen molar-refractivity contribution in [3.63, 3.8) is 0 Å². The summed E-state index contributed by atoms with van der Waals surface area (Å²) < 4.78 is 5.54. The zero-order chi connectivity index (χ0) is 18.5. The number of unbranched alkanes of at least 4 members (excludes halogenated alkanes) is 1. The fourth-order valence-corrected chi connectivity index (χ4v) is 3.65. The number of hydrogen-bond donors (Lipinski definition) is 2. The lowest BCUT2D eigenvalue weighted by Gasteiger charge is -2.22. The predicted octanol–water partition coefficient (Wildman–Crippen LogP) is 4.46. The molecule has 2 aromatic rings. The van der Waals surface area contributed by atoms with Gasteiger partial charge in [0, 0.05) is 5.92 Å². The van der Waals surface area contributed by atoms with Crippen LogP contribution in [-0.2, 0) is 4.74 Å². The van der Waals surface area contributed by atoms with E-state index in [0.717, 1.165) is 19.3 Å². The maximum Gasteiger partial charge on any atom is 0.407 e. The number of ether oxygens (including phenoxy) is 1. The minimum Gasteiger partial charge on any atom is -0.449 e. The van der Waals surface area contributed by atoms with E-state index >= 15 is 0 Å². The number of amides is 1. The summed E-state index contributed by atoms with van der Waals surface area (Å²) in [5, 5.41) is 12.7. The van der Waals surface area contributed by atoms with E-state index in [0.29, 0.717) is 6.61 Å². The van der Waals surface area contributed by atoms with Crippen LogP contribution in [-0.4, -0.2) is 30.0 Å².